The van der Waals surface area contributed by atoms with E-state index in [1.54, 1.807) is 44.0 Å². The van der Waals surface area contributed by atoms with Crippen LogP contribution in [0, 0.1) is 17.5 Å². The number of pyridine rings is 1. The number of amides is 4. The molecule has 4 fully saturated rings. The number of aromatic nitrogens is 3. The molecule has 0 bridgehead atoms. The minimum absolute atomic E-state index is 0.000278. The molecule has 2 N–H and O–H groups in total. The van der Waals surface area contributed by atoms with Crippen molar-refractivity contribution in [1.29, 1.82) is 0 Å². The molecule has 1 unspecified atom stereocenters. The van der Waals surface area contributed by atoms with E-state index in [1.807, 2.05) is 36.4 Å². The van der Waals surface area contributed by atoms with Crippen molar-refractivity contribution >= 4 is 45.2 Å². The van der Waals surface area contributed by atoms with Crippen LogP contribution in [0.5, 0.6) is 0 Å². The maximum atomic E-state index is 15.1. The number of piperidine rings is 3. The van der Waals surface area contributed by atoms with Gasteiger partial charge in [0, 0.05) is 113 Å². The van der Waals surface area contributed by atoms with E-state index in [4.69, 9.17) is 4.74 Å². The van der Waals surface area contributed by atoms with Crippen molar-refractivity contribution in [2.24, 2.45) is 0 Å². The van der Waals surface area contributed by atoms with Crippen molar-refractivity contribution in [3.05, 3.63) is 157 Å². The van der Waals surface area contributed by atoms with Crippen molar-refractivity contribution in [3.8, 4) is 0 Å². The SMILES string of the molecule is O=C(CN1CCC(OC2CCN(C(=O)Cn3ccc4ccc(C5CCCN(C(=O)CNCc6ccc(F)cc6F)C5)cc4c3=O)CC2)CC1)N1CCN(C(=O)c2cc(Cc3n[nH]c(=O)c4ccccc34)ccc2F)CC1. The summed E-state index contributed by atoms with van der Waals surface area (Å²) in [6.07, 6.45) is 6.55. The molecule has 4 aliphatic heterocycles. The Bertz CT molecular complexity index is 3250. The second-order valence-corrected chi connectivity index (χ2v) is 20.5. The number of ether oxygens (including phenoxy) is 1. The summed E-state index contributed by atoms with van der Waals surface area (Å²) in [5.41, 5.74) is 1.92. The molecule has 0 aliphatic carbocycles. The van der Waals surface area contributed by atoms with Gasteiger partial charge in [-0.1, -0.05) is 42.5 Å². The second kappa shape index (κ2) is 23.3. The van der Waals surface area contributed by atoms with Gasteiger partial charge in [-0.15, -0.1) is 0 Å². The number of nitrogens with one attached hydrogen (secondary N) is 2. The predicted octanol–water partition coefficient (Wildman–Crippen LogP) is 5.20. The zero-order chi connectivity index (χ0) is 52.9. The van der Waals surface area contributed by atoms with E-state index in [-0.39, 0.29) is 97.4 Å². The molecule has 10 rings (SSSR count). The van der Waals surface area contributed by atoms with Crippen LogP contribution in [0.25, 0.3) is 21.5 Å². The third-order valence-corrected chi connectivity index (χ3v) is 15.6. The van der Waals surface area contributed by atoms with Crippen LogP contribution in [0.1, 0.15) is 77.2 Å². The molecule has 76 heavy (non-hydrogen) atoms. The van der Waals surface area contributed by atoms with Crippen LogP contribution in [-0.2, 0) is 38.6 Å². The molecule has 4 saturated heterocycles. The number of benzene rings is 4. The number of likely N-dealkylation sites (tertiary alicyclic amines) is 3. The molecule has 6 aromatic rings. The first-order chi connectivity index (χ1) is 36.8. The Morgan fingerprint density at radius 2 is 1.37 bits per heavy atom. The second-order valence-electron chi connectivity index (χ2n) is 20.5. The van der Waals surface area contributed by atoms with Gasteiger partial charge in [-0.25, -0.2) is 18.3 Å². The van der Waals surface area contributed by atoms with Crippen molar-refractivity contribution in [2.75, 3.05) is 78.5 Å². The highest BCUT2D eigenvalue weighted by Crippen LogP contribution is 2.29. The van der Waals surface area contributed by atoms with Crippen LogP contribution >= 0.6 is 0 Å². The Hall–Kier alpha value is -7.22. The van der Waals surface area contributed by atoms with Crippen LogP contribution in [0.2, 0.25) is 0 Å². The summed E-state index contributed by atoms with van der Waals surface area (Å²) in [6, 6.07) is 22.6. The Balaban J connectivity index is 0.637. The first-order valence-corrected chi connectivity index (χ1v) is 26.4. The molecule has 4 amide bonds. The lowest BCUT2D eigenvalue weighted by atomic mass is 9.89. The molecular weight excluding hydrogens is 980 g/mol. The summed E-state index contributed by atoms with van der Waals surface area (Å²) in [6.45, 7) is 5.07. The highest BCUT2D eigenvalue weighted by atomic mass is 19.1. The molecule has 4 aliphatic rings. The number of piperazine rings is 1. The van der Waals surface area contributed by atoms with Crippen LogP contribution in [0.4, 0.5) is 13.2 Å². The van der Waals surface area contributed by atoms with E-state index in [2.05, 4.69) is 20.4 Å². The van der Waals surface area contributed by atoms with Gasteiger partial charge in [0.1, 0.15) is 24.0 Å². The first-order valence-electron chi connectivity index (χ1n) is 26.4. The Kier molecular flexibility index (Phi) is 16.0. The number of halogens is 3. The Morgan fingerprint density at radius 3 is 2.13 bits per heavy atom. The fourth-order valence-corrected chi connectivity index (χ4v) is 11.2. The summed E-state index contributed by atoms with van der Waals surface area (Å²) in [5, 5.41) is 12.2. The van der Waals surface area contributed by atoms with Crippen LogP contribution in [0.3, 0.4) is 0 Å². The topological polar surface area (TPSA) is 173 Å². The van der Waals surface area contributed by atoms with Gasteiger partial charge >= 0.3 is 0 Å². The molecule has 0 radical (unpaired) electrons. The average molecular weight is 1040 g/mol. The lowest BCUT2D eigenvalue weighted by Crippen LogP contribution is -2.53. The lowest BCUT2D eigenvalue weighted by molar-refractivity contribution is -0.137. The van der Waals surface area contributed by atoms with Gasteiger partial charge in [0.2, 0.25) is 17.7 Å². The molecule has 6 heterocycles. The third-order valence-electron chi connectivity index (χ3n) is 15.6. The number of carbonyl (C=O) groups excluding carboxylic acids is 4. The van der Waals surface area contributed by atoms with E-state index in [1.165, 1.54) is 28.8 Å². The van der Waals surface area contributed by atoms with Crippen molar-refractivity contribution in [3.63, 3.8) is 0 Å². The predicted molar refractivity (Wildman–Crippen MR) is 279 cm³/mol. The molecule has 16 nitrogen and oxygen atoms in total. The molecule has 1 atom stereocenters. The number of carbonyl (C=O) groups is 4. The zero-order valence-electron chi connectivity index (χ0n) is 42.4. The number of fused-ring (bicyclic) bond motifs is 2. The number of hydrogen-bond donors (Lipinski definition) is 2. The van der Waals surface area contributed by atoms with Gasteiger partial charge in [-0.05, 0) is 91.4 Å². The summed E-state index contributed by atoms with van der Waals surface area (Å²) in [7, 11) is 0. The number of H-pyrrole nitrogens is 1. The monoisotopic (exact) mass is 1040 g/mol. The summed E-state index contributed by atoms with van der Waals surface area (Å²) in [4.78, 5) is 88.9. The summed E-state index contributed by atoms with van der Waals surface area (Å²) >= 11 is 0. The summed E-state index contributed by atoms with van der Waals surface area (Å²) in [5.74, 6) is -2.63. The smallest absolute Gasteiger partial charge is 0.272 e. The summed E-state index contributed by atoms with van der Waals surface area (Å²) < 4.78 is 50.5. The third kappa shape index (κ3) is 12.1. The molecule has 19 heteroatoms. The van der Waals surface area contributed by atoms with Crippen molar-refractivity contribution in [2.45, 2.75) is 76.2 Å². The molecule has 398 valence electrons. The van der Waals surface area contributed by atoms with E-state index >= 15 is 4.39 Å². The maximum Gasteiger partial charge on any atom is 0.272 e. The average Bonchev–Trinajstić information content (AvgIpc) is 3.44. The minimum atomic E-state index is -0.665. The zero-order valence-corrected chi connectivity index (χ0v) is 42.4. The molecule has 2 aromatic heterocycles. The quantitative estimate of drug-likeness (QED) is 0.148. The number of rotatable bonds is 14. The number of aromatic amines is 1. The Morgan fingerprint density at radius 1 is 0.658 bits per heavy atom. The first kappa shape index (κ1) is 52.2. The fourth-order valence-electron chi connectivity index (χ4n) is 11.2. The normalized spacial score (nSPS) is 18.2. The molecule has 0 spiro atoms. The van der Waals surface area contributed by atoms with E-state index < -0.39 is 23.4 Å². The number of nitrogens with zero attached hydrogens (tertiary/aromatic N) is 7. The van der Waals surface area contributed by atoms with Gasteiger partial charge < -0.3 is 34.2 Å². The van der Waals surface area contributed by atoms with Gasteiger partial charge in [0.15, 0.2) is 0 Å². The van der Waals surface area contributed by atoms with Crippen LogP contribution in [-0.4, -0.2) is 154 Å². The Labute approximate surface area is 437 Å². The fraction of sp³-hybridized carbons (Fsp3) is 0.421. The van der Waals surface area contributed by atoms with Crippen molar-refractivity contribution in [1.82, 2.24) is 44.6 Å². The highest BCUT2D eigenvalue weighted by molar-refractivity contribution is 5.95. The van der Waals surface area contributed by atoms with E-state index in [0.29, 0.717) is 99.0 Å². The van der Waals surface area contributed by atoms with Crippen LogP contribution < -0.4 is 16.4 Å². The van der Waals surface area contributed by atoms with Gasteiger partial charge in [-0.3, -0.25) is 33.7 Å². The molecule has 4 aromatic carbocycles. The van der Waals surface area contributed by atoms with E-state index in [9.17, 15) is 37.5 Å². The van der Waals surface area contributed by atoms with E-state index in [0.717, 1.165) is 42.7 Å². The van der Waals surface area contributed by atoms with Gasteiger partial charge in [0.25, 0.3) is 17.0 Å². The molecule has 0 saturated carbocycles. The lowest BCUT2D eigenvalue weighted by Gasteiger charge is -2.38. The highest BCUT2D eigenvalue weighted by Gasteiger charge is 2.32. The minimum Gasteiger partial charge on any atom is -0.375 e. The largest absolute Gasteiger partial charge is 0.375 e. The van der Waals surface area contributed by atoms with Gasteiger partial charge in [0.05, 0.1) is 41.9 Å². The molecular formula is C57H62F3N9O7. The number of hydrogen-bond acceptors (Lipinski definition) is 10. The van der Waals surface area contributed by atoms with Crippen LogP contribution in [0.15, 0.2) is 101 Å². The standard InChI is InChI=1S/C57H62F3N9O7/c58-42-11-10-40(50(60)31-42)32-61-33-52(70)68-18-3-4-41(34-68)39-9-8-38-13-21-69(56(74)47(38)30-39)36-54(72)65-22-16-44(17-23-65)76-43-14-19-64(20-15-43)35-53(71)66-24-26-67(27-25-66)57(75)48-28-37(7-12-49(48)59)29-51-45-5-1-2-6-46(45)55(73)63-62-51/h1-2,5-13,21,28,30-31,41,43-44,61H,3-4,14-20,22-27,29,32-36H2,(H,63,73). The van der Waals surface area contributed by atoms with Crippen molar-refractivity contribution < 1.29 is 37.1 Å². The van der Waals surface area contributed by atoms with Gasteiger partial charge in [-0.2, -0.15) is 5.10 Å². The maximum absolute atomic E-state index is 15.1.